The number of likely N-dealkylation sites (tertiary alicyclic amines) is 1. The molecule has 0 bridgehead atoms. The number of fused-ring (bicyclic) bond motifs is 1. The van der Waals surface area contributed by atoms with Crippen LogP contribution in [0.1, 0.15) is 36.8 Å². The van der Waals surface area contributed by atoms with Crippen molar-refractivity contribution in [1.29, 1.82) is 0 Å². The molecule has 2 heterocycles. The number of carboxylic acids is 1. The number of benzene rings is 1. The second-order valence-corrected chi connectivity index (χ2v) is 5.85. The molecule has 1 atom stereocenters. The minimum Gasteiger partial charge on any atom is -0.481 e. The summed E-state index contributed by atoms with van der Waals surface area (Å²) in [5.74, 6) is -0.829. The van der Waals surface area contributed by atoms with Crippen molar-refractivity contribution < 1.29 is 14.7 Å². The van der Waals surface area contributed by atoms with Crippen molar-refractivity contribution in [2.24, 2.45) is 0 Å². The fraction of sp³-hybridized carbons (Fsp3) is 0.500. The summed E-state index contributed by atoms with van der Waals surface area (Å²) in [5.41, 5.74) is 2.38. The molecule has 0 aromatic heterocycles. The standard InChI is InChI=1S/C16H20N2O3/c19-15(20)9-14-7-3-4-8-18(14)16(21)17-10-12-5-1-2-6-13(12)11-17/h1-2,5-6,14H,3-4,7-11H2,(H,19,20). The van der Waals surface area contributed by atoms with Crippen LogP contribution in [0.2, 0.25) is 0 Å². The number of carbonyl (C=O) groups is 2. The molecule has 1 aromatic rings. The van der Waals surface area contributed by atoms with Crippen LogP contribution in [0.3, 0.4) is 0 Å². The van der Waals surface area contributed by atoms with Crippen LogP contribution in [0.25, 0.3) is 0 Å². The molecule has 5 heteroatoms. The van der Waals surface area contributed by atoms with E-state index in [-0.39, 0.29) is 18.5 Å². The monoisotopic (exact) mass is 288 g/mol. The van der Waals surface area contributed by atoms with E-state index in [0.717, 1.165) is 19.3 Å². The fourth-order valence-corrected chi connectivity index (χ4v) is 3.32. The first-order valence-electron chi connectivity index (χ1n) is 7.49. The van der Waals surface area contributed by atoms with Crippen LogP contribution in [-0.4, -0.2) is 39.5 Å². The Morgan fingerprint density at radius 2 is 1.81 bits per heavy atom. The highest BCUT2D eigenvalue weighted by Gasteiger charge is 2.33. The van der Waals surface area contributed by atoms with Crippen LogP contribution in [0, 0.1) is 0 Å². The molecule has 0 saturated carbocycles. The van der Waals surface area contributed by atoms with Crippen LogP contribution < -0.4 is 0 Å². The third-order valence-corrected chi connectivity index (χ3v) is 4.39. The predicted molar refractivity (Wildman–Crippen MR) is 77.7 cm³/mol. The number of amides is 2. The number of urea groups is 1. The number of rotatable bonds is 2. The first kappa shape index (κ1) is 13.9. The third-order valence-electron chi connectivity index (χ3n) is 4.39. The molecular weight excluding hydrogens is 268 g/mol. The van der Waals surface area contributed by atoms with Crippen LogP contribution in [0.5, 0.6) is 0 Å². The quantitative estimate of drug-likeness (QED) is 0.909. The van der Waals surface area contributed by atoms with E-state index >= 15 is 0 Å². The molecule has 1 aromatic carbocycles. The summed E-state index contributed by atoms with van der Waals surface area (Å²) in [7, 11) is 0. The van der Waals surface area contributed by atoms with E-state index in [1.165, 1.54) is 11.1 Å². The molecule has 3 rings (SSSR count). The van der Waals surface area contributed by atoms with Crippen molar-refractivity contribution in [2.45, 2.75) is 44.8 Å². The molecule has 2 aliphatic rings. The van der Waals surface area contributed by atoms with E-state index < -0.39 is 5.97 Å². The summed E-state index contributed by atoms with van der Waals surface area (Å²) >= 11 is 0. The van der Waals surface area contributed by atoms with Gasteiger partial charge in [0.2, 0.25) is 0 Å². The fourth-order valence-electron chi connectivity index (χ4n) is 3.32. The van der Waals surface area contributed by atoms with Gasteiger partial charge in [-0.3, -0.25) is 4.79 Å². The van der Waals surface area contributed by atoms with Gasteiger partial charge in [0.15, 0.2) is 0 Å². The van der Waals surface area contributed by atoms with E-state index in [1.54, 1.807) is 4.90 Å². The minimum absolute atomic E-state index is 0.0165. The third kappa shape index (κ3) is 2.86. The van der Waals surface area contributed by atoms with E-state index in [4.69, 9.17) is 5.11 Å². The SMILES string of the molecule is O=C(O)CC1CCCCN1C(=O)N1Cc2ccccc2C1. The lowest BCUT2D eigenvalue weighted by Gasteiger charge is -2.37. The van der Waals surface area contributed by atoms with E-state index in [2.05, 4.69) is 0 Å². The molecule has 112 valence electrons. The predicted octanol–water partition coefficient (Wildman–Crippen LogP) is 2.45. The average molecular weight is 288 g/mol. The van der Waals surface area contributed by atoms with Crippen molar-refractivity contribution in [3.05, 3.63) is 35.4 Å². The number of nitrogens with zero attached hydrogens (tertiary/aromatic N) is 2. The average Bonchev–Trinajstić information content (AvgIpc) is 2.90. The van der Waals surface area contributed by atoms with E-state index in [9.17, 15) is 9.59 Å². The maximum atomic E-state index is 12.7. The van der Waals surface area contributed by atoms with Crippen LogP contribution in [-0.2, 0) is 17.9 Å². The van der Waals surface area contributed by atoms with E-state index in [0.29, 0.717) is 19.6 Å². The second kappa shape index (κ2) is 5.76. The summed E-state index contributed by atoms with van der Waals surface area (Å²) in [5, 5.41) is 9.02. The topological polar surface area (TPSA) is 60.9 Å². The molecule has 0 spiro atoms. The summed E-state index contributed by atoms with van der Waals surface area (Å²) in [6, 6.07) is 7.90. The van der Waals surface area contributed by atoms with Crippen molar-refractivity contribution in [2.75, 3.05) is 6.54 Å². The maximum Gasteiger partial charge on any atom is 0.320 e. The number of piperidine rings is 1. The van der Waals surface area contributed by atoms with Gasteiger partial charge in [0.1, 0.15) is 0 Å². The number of hydrogen-bond donors (Lipinski definition) is 1. The van der Waals surface area contributed by atoms with Gasteiger partial charge in [-0.05, 0) is 30.4 Å². The molecule has 0 aliphatic carbocycles. The molecule has 1 fully saturated rings. The Kier molecular flexibility index (Phi) is 3.82. The molecule has 0 radical (unpaired) electrons. The lowest BCUT2D eigenvalue weighted by Crippen LogP contribution is -2.49. The molecule has 5 nitrogen and oxygen atoms in total. The number of carboxylic acid groups (broad SMARTS) is 1. The Balaban J connectivity index is 1.71. The summed E-state index contributed by atoms with van der Waals surface area (Å²) < 4.78 is 0. The second-order valence-electron chi connectivity index (χ2n) is 5.85. The maximum absolute atomic E-state index is 12.7. The summed E-state index contributed by atoms with van der Waals surface area (Å²) in [6.45, 7) is 1.93. The normalized spacial score (nSPS) is 21.2. The Hall–Kier alpha value is -2.04. The first-order chi connectivity index (χ1) is 10.1. The smallest absolute Gasteiger partial charge is 0.320 e. The number of hydrogen-bond acceptors (Lipinski definition) is 2. The Morgan fingerprint density at radius 1 is 1.14 bits per heavy atom. The lowest BCUT2D eigenvalue weighted by atomic mass is 10.00. The van der Waals surface area contributed by atoms with Crippen molar-refractivity contribution in [1.82, 2.24) is 9.80 Å². The Labute approximate surface area is 124 Å². The summed E-state index contributed by atoms with van der Waals surface area (Å²) in [6.07, 6.45) is 2.80. The lowest BCUT2D eigenvalue weighted by molar-refractivity contribution is -0.138. The molecule has 1 unspecified atom stereocenters. The van der Waals surface area contributed by atoms with Gasteiger partial charge in [-0.15, -0.1) is 0 Å². The minimum atomic E-state index is -0.829. The molecule has 1 N–H and O–H groups in total. The van der Waals surface area contributed by atoms with Crippen molar-refractivity contribution >= 4 is 12.0 Å². The van der Waals surface area contributed by atoms with Gasteiger partial charge in [0, 0.05) is 25.7 Å². The van der Waals surface area contributed by atoms with E-state index in [1.807, 2.05) is 29.2 Å². The number of carbonyl (C=O) groups excluding carboxylic acids is 1. The van der Waals surface area contributed by atoms with Crippen molar-refractivity contribution in [3.63, 3.8) is 0 Å². The van der Waals surface area contributed by atoms with Crippen LogP contribution in [0.4, 0.5) is 4.79 Å². The van der Waals surface area contributed by atoms with Gasteiger partial charge in [0.25, 0.3) is 0 Å². The van der Waals surface area contributed by atoms with Crippen LogP contribution >= 0.6 is 0 Å². The van der Waals surface area contributed by atoms with Gasteiger partial charge in [0.05, 0.1) is 6.42 Å². The van der Waals surface area contributed by atoms with Gasteiger partial charge >= 0.3 is 12.0 Å². The zero-order valence-electron chi connectivity index (χ0n) is 12.0. The Morgan fingerprint density at radius 3 is 2.43 bits per heavy atom. The first-order valence-corrected chi connectivity index (χ1v) is 7.49. The largest absolute Gasteiger partial charge is 0.481 e. The van der Waals surface area contributed by atoms with Gasteiger partial charge in [-0.1, -0.05) is 24.3 Å². The molecule has 1 saturated heterocycles. The van der Waals surface area contributed by atoms with Gasteiger partial charge < -0.3 is 14.9 Å². The highest BCUT2D eigenvalue weighted by atomic mass is 16.4. The molecule has 2 aliphatic heterocycles. The molecule has 21 heavy (non-hydrogen) atoms. The van der Waals surface area contributed by atoms with Crippen LogP contribution in [0.15, 0.2) is 24.3 Å². The highest BCUT2D eigenvalue weighted by Crippen LogP contribution is 2.27. The van der Waals surface area contributed by atoms with Gasteiger partial charge in [-0.2, -0.15) is 0 Å². The molecule has 2 amide bonds. The number of aliphatic carboxylic acids is 1. The zero-order chi connectivity index (χ0) is 14.8. The van der Waals surface area contributed by atoms with Gasteiger partial charge in [-0.25, -0.2) is 4.79 Å². The summed E-state index contributed by atoms with van der Waals surface area (Å²) in [4.78, 5) is 27.3. The van der Waals surface area contributed by atoms with Crippen molar-refractivity contribution in [3.8, 4) is 0 Å². The molecular formula is C16H20N2O3. The highest BCUT2D eigenvalue weighted by molar-refractivity contribution is 5.77. The zero-order valence-corrected chi connectivity index (χ0v) is 12.0. The Bertz CT molecular complexity index is 533.